The lowest BCUT2D eigenvalue weighted by molar-refractivity contribution is 0.637. The molecule has 0 saturated heterocycles. The first-order valence-corrected chi connectivity index (χ1v) is 8.21. The average molecular weight is 337 g/mol. The number of fused-ring (bicyclic) bond motifs is 3. The topological polar surface area (TPSA) is 66.2 Å². The number of aromatic nitrogens is 5. The zero-order valence-corrected chi connectivity index (χ0v) is 14.6. The summed E-state index contributed by atoms with van der Waals surface area (Å²) in [6, 6.07) is 8.01. The minimum absolute atomic E-state index is 0.310. The molecule has 0 saturated carbocycles. The lowest BCUT2D eigenvalue weighted by Gasteiger charge is -2.08. The predicted octanol–water partition coefficient (Wildman–Crippen LogP) is 1.78. The Labute approximate surface area is 143 Å². The molecule has 0 aliphatic rings. The minimum atomic E-state index is -0.347. The quantitative estimate of drug-likeness (QED) is 0.560. The van der Waals surface area contributed by atoms with E-state index in [1.165, 1.54) is 9.13 Å². The molecule has 0 aliphatic carbocycles. The summed E-state index contributed by atoms with van der Waals surface area (Å²) in [5.74, 6) is 0.628. The largest absolute Gasteiger partial charge is 0.332 e. The van der Waals surface area contributed by atoms with Crippen LogP contribution in [0.25, 0.3) is 22.6 Å². The van der Waals surface area contributed by atoms with Crippen LogP contribution in [0.1, 0.15) is 18.2 Å². The summed E-state index contributed by atoms with van der Waals surface area (Å²) >= 11 is 0. The number of rotatable bonds is 2. The highest BCUT2D eigenvalue weighted by Gasteiger charge is 2.20. The van der Waals surface area contributed by atoms with E-state index in [4.69, 9.17) is 0 Å². The number of aryl methyl sites for hydroxylation is 3. The van der Waals surface area contributed by atoms with Crippen LogP contribution < -0.4 is 11.2 Å². The van der Waals surface area contributed by atoms with Crippen LogP contribution in [-0.2, 0) is 13.6 Å². The van der Waals surface area contributed by atoms with Crippen LogP contribution in [0.5, 0.6) is 0 Å². The van der Waals surface area contributed by atoms with Crippen LogP contribution in [0, 0.1) is 13.8 Å². The van der Waals surface area contributed by atoms with Crippen molar-refractivity contribution in [1.29, 1.82) is 0 Å². The summed E-state index contributed by atoms with van der Waals surface area (Å²) in [6.45, 7) is 6.13. The smallest absolute Gasteiger partial charge is 0.283 e. The predicted molar refractivity (Wildman–Crippen MR) is 96.7 cm³/mol. The summed E-state index contributed by atoms with van der Waals surface area (Å²) in [5.41, 5.74) is 3.25. The summed E-state index contributed by atoms with van der Waals surface area (Å²) in [4.78, 5) is 29.8. The van der Waals surface area contributed by atoms with Crippen molar-refractivity contribution in [2.75, 3.05) is 0 Å². The van der Waals surface area contributed by atoms with E-state index in [0.717, 1.165) is 16.9 Å². The zero-order valence-electron chi connectivity index (χ0n) is 14.6. The third-order valence-electron chi connectivity index (χ3n) is 4.70. The highest BCUT2D eigenvalue weighted by molar-refractivity contribution is 5.76. The Morgan fingerprint density at radius 3 is 2.52 bits per heavy atom. The number of nitrogens with zero attached hydrogens (tertiary/aromatic N) is 5. The fraction of sp³-hybridized carbons (Fsp3) is 0.278. The van der Waals surface area contributed by atoms with Crippen LogP contribution in [0.4, 0.5) is 0 Å². The summed E-state index contributed by atoms with van der Waals surface area (Å²) in [7, 11) is 1.65. The molecule has 128 valence electrons. The fourth-order valence-corrected chi connectivity index (χ4v) is 3.40. The molecule has 4 rings (SSSR count). The average Bonchev–Trinajstić information content (AvgIpc) is 3.09. The van der Waals surface area contributed by atoms with Gasteiger partial charge in [-0.25, -0.2) is 4.79 Å². The van der Waals surface area contributed by atoms with Crippen molar-refractivity contribution in [2.24, 2.45) is 7.05 Å². The molecule has 25 heavy (non-hydrogen) atoms. The van der Waals surface area contributed by atoms with Crippen LogP contribution in [0.15, 0.2) is 40.1 Å². The van der Waals surface area contributed by atoms with Crippen molar-refractivity contribution in [3.8, 4) is 5.69 Å². The van der Waals surface area contributed by atoms with E-state index in [2.05, 4.69) is 4.98 Å². The van der Waals surface area contributed by atoms with E-state index < -0.39 is 0 Å². The number of benzene rings is 1. The summed E-state index contributed by atoms with van der Waals surface area (Å²) < 4.78 is 6.46. The Balaban J connectivity index is 2.22. The van der Waals surface area contributed by atoms with E-state index in [1.54, 1.807) is 18.4 Å². The molecule has 0 N–H and O–H groups in total. The van der Waals surface area contributed by atoms with Crippen molar-refractivity contribution in [3.05, 3.63) is 62.6 Å². The molecule has 0 fully saturated rings. The summed E-state index contributed by atoms with van der Waals surface area (Å²) in [6.07, 6.45) is 1.89. The van der Waals surface area contributed by atoms with Gasteiger partial charge in [-0.3, -0.25) is 22.9 Å². The lowest BCUT2D eigenvalue weighted by atomic mass is 10.2. The second-order valence-corrected chi connectivity index (χ2v) is 6.24. The van der Waals surface area contributed by atoms with E-state index in [9.17, 15) is 9.59 Å². The Bertz CT molecular complexity index is 1250. The SMILES string of the molecule is CCn1c(=O)c2c(nc3n(-c4ccccc4C)c(C)cn23)n(C)c1=O. The third kappa shape index (κ3) is 1.95. The molecule has 0 unspecified atom stereocenters. The molecular weight excluding hydrogens is 318 g/mol. The van der Waals surface area contributed by atoms with Gasteiger partial charge in [-0.05, 0) is 32.4 Å². The van der Waals surface area contributed by atoms with Crippen molar-refractivity contribution >= 4 is 16.9 Å². The number of hydrogen-bond acceptors (Lipinski definition) is 3. The maximum atomic E-state index is 12.8. The maximum Gasteiger partial charge on any atom is 0.332 e. The van der Waals surface area contributed by atoms with Gasteiger partial charge in [0.05, 0.1) is 5.69 Å². The normalized spacial score (nSPS) is 11.7. The fourth-order valence-electron chi connectivity index (χ4n) is 3.40. The van der Waals surface area contributed by atoms with Crippen LogP contribution in [0.3, 0.4) is 0 Å². The Kier molecular flexibility index (Phi) is 3.21. The zero-order chi connectivity index (χ0) is 17.9. The second-order valence-electron chi connectivity index (χ2n) is 6.24. The first-order chi connectivity index (χ1) is 12.0. The molecule has 0 atom stereocenters. The molecule has 4 aromatic rings. The lowest BCUT2D eigenvalue weighted by Crippen LogP contribution is -2.38. The van der Waals surface area contributed by atoms with Crippen LogP contribution in [-0.4, -0.2) is 23.1 Å². The van der Waals surface area contributed by atoms with Crippen LogP contribution in [0.2, 0.25) is 0 Å². The molecular formula is C18H19N5O2. The standard InChI is InChI=1S/C18H19N5O2/c1-5-21-16(24)14-15(20(4)18(21)25)19-17-22(14)10-12(3)23(17)13-9-7-6-8-11(13)2/h6-10H,5H2,1-4H3. The molecule has 7 nitrogen and oxygen atoms in total. The molecule has 0 amide bonds. The first-order valence-electron chi connectivity index (χ1n) is 8.21. The van der Waals surface area contributed by atoms with Crippen molar-refractivity contribution in [2.45, 2.75) is 27.3 Å². The van der Waals surface area contributed by atoms with Crippen molar-refractivity contribution < 1.29 is 0 Å². The molecule has 3 aromatic heterocycles. The molecule has 0 radical (unpaired) electrons. The van der Waals surface area contributed by atoms with E-state index in [1.807, 2.05) is 48.9 Å². The van der Waals surface area contributed by atoms with Gasteiger partial charge in [0, 0.05) is 25.5 Å². The van der Waals surface area contributed by atoms with Gasteiger partial charge in [0.1, 0.15) is 0 Å². The Hall–Kier alpha value is -3.09. The molecule has 0 spiro atoms. The van der Waals surface area contributed by atoms with Gasteiger partial charge in [0.15, 0.2) is 11.2 Å². The third-order valence-corrected chi connectivity index (χ3v) is 4.70. The van der Waals surface area contributed by atoms with Gasteiger partial charge >= 0.3 is 5.69 Å². The van der Waals surface area contributed by atoms with E-state index >= 15 is 0 Å². The molecule has 3 heterocycles. The van der Waals surface area contributed by atoms with Gasteiger partial charge in [0.25, 0.3) is 5.56 Å². The van der Waals surface area contributed by atoms with Gasteiger partial charge in [-0.2, -0.15) is 4.98 Å². The van der Waals surface area contributed by atoms with Gasteiger partial charge in [-0.1, -0.05) is 18.2 Å². The van der Waals surface area contributed by atoms with Crippen molar-refractivity contribution in [1.82, 2.24) is 23.1 Å². The molecule has 0 aliphatic heterocycles. The molecule has 1 aromatic carbocycles. The minimum Gasteiger partial charge on any atom is -0.283 e. The van der Waals surface area contributed by atoms with Gasteiger partial charge in [-0.15, -0.1) is 0 Å². The first kappa shape index (κ1) is 15.4. The number of hydrogen-bond donors (Lipinski definition) is 0. The van der Waals surface area contributed by atoms with Crippen molar-refractivity contribution in [3.63, 3.8) is 0 Å². The second kappa shape index (κ2) is 5.20. The molecule has 7 heteroatoms. The highest BCUT2D eigenvalue weighted by Crippen LogP contribution is 2.22. The van der Waals surface area contributed by atoms with Gasteiger partial charge in [0.2, 0.25) is 5.78 Å². The number of imidazole rings is 2. The van der Waals surface area contributed by atoms with Gasteiger partial charge < -0.3 is 0 Å². The Morgan fingerprint density at radius 2 is 1.84 bits per heavy atom. The number of para-hydroxylation sites is 1. The van der Waals surface area contributed by atoms with E-state index in [0.29, 0.717) is 23.5 Å². The Morgan fingerprint density at radius 1 is 1.12 bits per heavy atom. The highest BCUT2D eigenvalue weighted by atomic mass is 16.2. The molecule has 0 bridgehead atoms. The van der Waals surface area contributed by atoms with Crippen LogP contribution >= 0.6 is 0 Å². The maximum absolute atomic E-state index is 12.8. The summed E-state index contributed by atoms with van der Waals surface area (Å²) in [5, 5.41) is 0. The van der Waals surface area contributed by atoms with E-state index in [-0.39, 0.29) is 11.2 Å². The monoisotopic (exact) mass is 337 g/mol.